The predicted octanol–water partition coefficient (Wildman–Crippen LogP) is 3.91. The maximum atomic E-state index is 12.7. The SMILES string of the molecule is Cc1ccc2c(c1)C(N1CCCC1=O)CCN2Cc1cc2ccccc2[nH]c1=O. The van der Waals surface area contributed by atoms with Crippen molar-refractivity contribution < 1.29 is 4.79 Å². The zero-order valence-corrected chi connectivity index (χ0v) is 16.6. The summed E-state index contributed by atoms with van der Waals surface area (Å²) >= 11 is 0. The minimum Gasteiger partial charge on any atom is -0.367 e. The van der Waals surface area contributed by atoms with Crippen LogP contribution in [0.4, 0.5) is 5.69 Å². The number of hydrogen-bond donors (Lipinski definition) is 1. The highest BCUT2D eigenvalue weighted by Crippen LogP contribution is 2.40. The molecule has 148 valence electrons. The molecule has 0 aliphatic carbocycles. The molecule has 1 atom stereocenters. The normalized spacial score (nSPS) is 19.1. The number of nitrogens with one attached hydrogen (secondary N) is 1. The molecule has 0 saturated carbocycles. The third kappa shape index (κ3) is 3.20. The van der Waals surface area contributed by atoms with E-state index in [0.29, 0.717) is 13.0 Å². The van der Waals surface area contributed by atoms with Gasteiger partial charge in [0.25, 0.3) is 5.56 Å². The molecule has 1 saturated heterocycles. The summed E-state index contributed by atoms with van der Waals surface area (Å²) < 4.78 is 0. The van der Waals surface area contributed by atoms with Crippen LogP contribution < -0.4 is 10.5 Å². The number of amides is 1. The van der Waals surface area contributed by atoms with Gasteiger partial charge in [-0.3, -0.25) is 9.59 Å². The molecular formula is C24H25N3O2. The van der Waals surface area contributed by atoms with Gasteiger partial charge in [-0.25, -0.2) is 0 Å². The van der Waals surface area contributed by atoms with E-state index in [9.17, 15) is 9.59 Å². The Kier molecular flexibility index (Phi) is 4.38. The molecule has 1 fully saturated rings. The van der Waals surface area contributed by atoms with Crippen molar-refractivity contribution in [2.45, 2.75) is 38.8 Å². The summed E-state index contributed by atoms with van der Waals surface area (Å²) in [5, 5.41) is 1.05. The summed E-state index contributed by atoms with van der Waals surface area (Å²) in [5.74, 6) is 0.266. The minimum atomic E-state index is -0.0331. The van der Waals surface area contributed by atoms with Gasteiger partial charge in [-0.15, -0.1) is 0 Å². The van der Waals surface area contributed by atoms with E-state index in [1.807, 2.05) is 30.3 Å². The number of aromatic nitrogens is 1. The molecule has 1 unspecified atom stereocenters. The first-order chi connectivity index (χ1) is 14.1. The number of aromatic amines is 1. The second-order valence-electron chi connectivity index (χ2n) is 8.19. The summed E-state index contributed by atoms with van der Waals surface area (Å²) in [6.07, 6.45) is 2.51. The number of carbonyl (C=O) groups is 1. The Morgan fingerprint density at radius 3 is 2.76 bits per heavy atom. The van der Waals surface area contributed by atoms with E-state index in [4.69, 9.17) is 0 Å². The van der Waals surface area contributed by atoms with Crippen molar-refractivity contribution >= 4 is 22.5 Å². The van der Waals surface area contributed by atoms with Gasteiger partial charge in [-0.2, -0.15) is 0 Å². The van der Waals surface area contributed by atoms with E-state index in [2.05, 4.69) is 39.9 Å². The zero-order chi connectivity index (χ0) is 20.0. The number of para-hydroxylation sites is 1. The Bertz CT molecular complexity index is 1150. The van der Waals surface area contributed by atoms with E-state index in [0.717, 1.165) is 48.1 Å². The molecule has 0 radical (unpaired) electrons. The topological polar surface area (TPSA) is 56.4 Å². The number of nitrogens with zero attached hydrogens (tertiary/aromatic N) is 2. The second kappa shape index (κ2) is 7.07. The predicted molar refractivity (Wildman–Crippen MR) is 115 cm³/mol. The highest BCUT2D eigenvalue weighted by Gasteiger charge is 2.34. The van der Waals surface area contributed by atoms with Gasteiger partial charge in [-0.1, -0.05) is 35.9 Å². The molecule has 1 amide bonds. The number of pyridine rings is 1. The number of fused-ring (bicyclic) bond motifs is 2. The number of likely N-dealkylation sites (tertiary alicyclic amines) is 1. The summed E-state index contributed by atoms with van der Waals surface area (Å²) in [6, 6.07) is 16.5. The lowest BCUT2D eigenvalue weighted by atomic mass is 9.93. The van der Waals surface area contributed by atoms with Gasteiger partial charge < -0.3 is 14.8 Å². The fourth-order valence-electron chi connectivity index (χ4n) is 4.79. The summed E-state index contributed by atoms with van der Waals surface area (Å²) in [6.45, 7) is 4.34. The number of benzene rings is 2. The highest BCUT2D eigenvalue weighted by atomic mass is 16.2. The van der Waals surface area contributed by atoms with E-state index >= 15 is 0 Å². The van der Waals surface area contributed by atoms with Crippen LogP contribution in [0, 0.1) is 6.92 Å². The Balaban J connectivity index is 1.51. The van der Waals surface area contributed by atoms with Crippen molar-refractivity contribution in [3.63, 3.8) is 0 Å². The number of rotatable bonds is 3. The number of aryl methyl sites for hydroxylation is 1. The number of carbonyl (C=O) groups excluding carboxylic acids is 1. The van der Waals surface area contributed by atoms with Crippen LogP contribution in [0.5, 0.6) is 0 Å². The molecule has 0 spiro atoms. The molecule has 29 heavy (non-hydrogen) atoms. The molecule has 0 bridgehead atoms. The van der Waals surface area contributed by atoms with E-state index in [1.54, 1.807) is 0 Å². The second-order valence-corrected chi connectivity index (χ2v) is 8.19. The largest absolute Gasteiger partial charge is 0.367 e. The first kappa shape index (κ1) is 18.0. The summed E-state index contributed by atoms with van der Waals surface area (Å²) in [7, 11) is 0. The molecule has 5 heteroatoms. The van der Waals surface area contributed by atoms with Gasteiger partial charge in [0.15, 0.2) is 0 Å². The van der Waals surface area contributed by atoms with Crippen LogP contribution in [0.1, 0.15) is 42.0 Å². The molecule has 3 heterocycles. The maximum Gasteiger partial charge on any atom is 0.253 e. The van der Waals surface area contributed by atoms with E-state index < -0.39 is 0 Å². The van der Waals surface area contributed by atoms with Crippen LogP contribution in [0.3, 0.4) is 0 Å². The average Bonchev–Trinajstić information content (AvgIpc) is 3.14. The Hall–Kier alpha value is -3.08. The Morgan fingerprint density at radius 2 is 1.93 bits per heavy atom. The first-order valence-electron chi connectivity index (χ1n) is 10.4. The molecule has 1 aromatic heterocycles. The fraction of sp³-hybridized carbons (Fsp3) is 0.333. The Morgan fingerprint density at radius 1 is 1.07 bits per heavy atom. The standard InChI is InChI=1S/C24H25N3O2/c1-16-8-9-21-19(13-16)22(27-11-4-7-23(27)28)10-12-26(21)15-18-14-17-5-2-3-6-20(17)25-24(18)29/h2-3,5-6,8-9,13-14,22H,4,7,10-12,15H2,1H3,(H,25,29). The van der Waals surface area contributed by atoms with Crippen LogP contribution in [0.2, 0.25) is 0 Å². The molecule has 2 aliphatic heterocycles. The van der Waals surface area contributed by atoms with Crippen LogP contribution in [-0.4, -0.2) is 28.9 Å². The van der Waals surface area contributed by atoms with Crippen LogP contribution in [0.25, 0.3) is 10.9 Å². The lowest BCUT2D eigenvalue weighted by Gasteiger charge is -2.39. The van der Waals surface area contributed by atoms with Crippen molar-refractivity contribution in [3.8, 4) is 0 Å². The molecule has 2 aliphatic rings. The van der Waals surface area contributed by atoms with Gasteiger partial charge in [0.1, 0.15) is 0 Å². The summed E-state index contributed by atoms with van der Waals surface area (Å²) in [5.41, 5.74) is 5.15. The van der Waals surface area contributed by atoms with Crippen molar-refractivity contribution in [1.82, 2.24) is 9.88 Å². The molecule has 1 N–H and O–H groups in total. The first-order valence-corrected chi connectivity index (χ1v) is 10.4. The Labute approximate surface area is 170 Å². The number of anilines is 1. The number of hydrogen-bond acceptors (Lipinski definition) is 3. The number of H-pyrrole nitrogens is 1. The quantitative estimate of drug-likeness (QED) is 0.741. The van der Waals surface area contributed by atoms with Crippen molar-refractivity contribution in [1.29, 1.82) is 0 Å². The molecule has 5 nitrogen and oxygen atoms in total. The third-order valence-electron chi connectivity index (χ3n) is 6.23. The van der Waals surface area contributed by atoms with Gasteiger partial charge in [0, 0.05) is 42.8 Å². The van der Waals surface area contributed by atoms with Crippen molar-refractivity contribution in [2.24, 2.45) is 0 Å². The van der Waals surface area contributed by atoms with Gasteiger partial charge in [0.2, 0.25) is 5.91 Å². The lowest BCUT2D eigenvalue weighted by molar-refractivity contribution is -0.130. The zero-order valence-electron chi connectivity index (χ0n) is 16.6. The fourth-order valence-corrected chi connectivity index (χ4v) is 4.79. The van der Waals surface area contributed by atoms with Gasteiger partial charge >= 0.3 is 0 Å². The highest BCUT2D eigenvalue weighted by molar-refractivity contribution is 5.80. The summed E-state index contributed by atoms with van der Waals surface area (Å²) in [4.78, 5) is 32.4. The minimum absolute atomic E-state index is 0.0331. The van der Waals surface area contributed by atoms with Crippen LogP contribution >= 0.6 is 0 Å². The molecule has 2 aromatic carbocycles. The smallest absolute Gasteiger partial charge is 0.253 e. The maximum absolute atomic E-state index is 12.7. The molecule has 5 rings (SSSR count). The van der Waals surface area contributed by atoms with E-state index in [-0.39, 0.29) is 17.5 Å². The third-order valence-corrected chi connectivity index (χ3v) is 6.23. The average molecular weight is 387 g/mol. The lowest BCUT2D eigenvalue weighted by Crippen LogP contribution is -2.39. The molecular weight excluding hydrogens is 362 g/mol. The van der Waals surface area contributed by atoms with E-state index in [1.165, 1.54) is 11.1 Å². The van der Waals surface area contributed by atoms with Gasteiger partial charge in [0.05, 0.1) is 6.04 Å². The van der Waals surface area contributed by atoms with Gasteiger partial charge in [-0.05, 0) is 48.9 Å². The van der Waals surface area contributed by atoms with Crippen molar-refractivity contribution in [3.05, 3.63) is 75.6 Å². The van der Waals surface area contributed by atoms with Crippen LogP contribution in [0.15, 0.2) is 53.3 Å². The van der Waals surface area contributed by atoms with Crippen LogP contribution in [-0.2, 0) is 11.3 Å². The van der Waals surface area contributed by atoms with Crippen molar-refractivity contribution in [2.75, 3.05) is 18.0 Å². The monoisotopic (exact) mass is 387 g/mol. The molecule has 3 aromatic rings.